The standard InChI is InChI=1S/C19H22N2O4S/c1-3-13-24-18-8-10-19(11-9-18)25-14-12-21(26(2,22)23)17-6-4-16(15-20)5-7-17/h4-11H,3,12-14H2,1-2H3. The van der Waals surface area contributed by atoms with Crippen LogP contribution in [0.1, 0.15) is 18.9 Å². The number of benzene rings is 2. The molecule has 0 aliphatic rings. The summed E-state index contributed by atoms with van der Waals surface area (Å²) in [5.41, 5.74) is 0.974. The lowest BCUT2D eigenvalue weighted by molar-refractivity contribution is 0.312. The summed E-state index contributed by atoms with van der Waals surface area (Å²) in [6.07, 6.45) is 2.08. The molecule has 138 valence electrons. The maximum absolute atomic E-state index is 12.1. The van der Waals surface area contributed by atoms with Gasteiger partial charge < -0.3 is 9.47 Å². The van der Waals surface area contributed by atoms with Crippen LogP contribution in [0.5, 0.6) is 11.5 Å². The fourth-order valence-electron chi connectivity index (χ4n) is 2.29. The molecule has 0 heterocycles. The second-order valence-corrected chi connectivity index (χ2v) is 7.57. The first-order valence-corrected chi connectivity index (χ1v) is 10.1. The van der Waals surface area contributed by atoms with Crippen LogP contribution >= 0.6 is 0 Å². The van der Waals surface area contributed by atoms with Crippen molar-refractivity contribution in [3.8, 4) is 17.6 Å². The predicted octanol–water partition coefficient (Wildman–Crippen LogP) is 3.19. The molecule has 2 aromatic carbocycles. The third-order valence-corrected chi connectivity index (χ3v) is 4.74. The highest BCUT2D eigenvalue weighted by molar-refractivity contribution is 7.92. The van der Waals surface area contributed by atoms with Crippen molar-refractivity contribution in [3.05, 3.63) is 54.1 Å². The molecular weight excluding hydrogens is 352 g/mol. The summed E-state index contributed by atoms with van der Waals surface area (Å²) in [7, 11) is -3.46. The van der Waals surface area contributed by atoms with Gasteiger partial charge in [0, 0.05) is 0 Å². The molecule has 0 N–H and O–H groups in total. The zero-order valence-corrected chi connectivity index (χ0v) is 15.7. The van der Waals surface area contributed by atoms with Gasteiger partial charge in [-0.1, -0.05) is 6.92 Å². The topological polar surface area (TPSA) is 79.6 Å². The number of sulfonamides is 1. The lowest BCUT2D eigenvalue weighted by atomic mass is 10.2. The number of ether oxygens (including phenoxy) is 2. The summed E-state index contributed by atoms with van der Waals surface area (Å²) < 4.78 is 36.5. The molecule has 0 radical (unpaired) electrons. The molecule has 0 amide bonds. The summed E-state index contributed by atoms with van der Waals surface area (Å²) in [6.45, 7) is 3.06. The Morgan fingerprint density at radius 3 is 1.96 bits per heavy atom. The first-order chi connectivity index (χ1) is 12.4. The van der Waals surface area contributed by atoms with Crippen molar-refractivity contribution >= 4 is 15.7 Å². The van der Waals surface area contributed by atoms with E-state index in [1.165, 1.54) is 4.31 Å². The van der Waals surface area contributed by atoms with E-state index in [0.29, 0.717) is 23.6 Å². The highest BCUT2D eigenvalue weighted by atomic mass is 32.2. The molecule has 7 heteroatoms. The zero-order valence-electron chi connectivity index (χ0n) is 14.9. The van der Waals surface area contributed by atoms with E-state index in [2.05, 4.69) is 0 Å². The maximum Gasteiger partial charge on any atom is 0.232 e. The monoisotopic (exact) mass is 374 g/mol. The van der Waals surface area contributed by atoms with Crippen LogP contribution in [0.3, 0.4) is 0 Å². The van der Waals surface area contributed by atoms with Crippen molar-refractivity contribution in [1.82, 2.24) is 0 Å². The number of nitriles is 1. The highest BCUT2D eigenvalue weighted by Gasteiger charge is 2.17. The van der Waals surface area contributed by atoms with Gasteiger partial charge in [-0.2, -0.15) is 5.26 Å². The molecular formula is C19H22N2O4S. The summed E-state index contributed by atoms with van der Waals surface area (Å²) in [5.74, 6) is 1.41. The molecule has 6 nitrogen and oxygen atoms in total. The van der Waals surface area contributed by atoms with Gasteiger partial charge in [0.1, 0.15) is 18.1 Å². The van der Waals surface area contributed by atoms with Crippen LogP contribution in [-0.4, -0.2) is 34.4 Å². The van der Waals surface area contributed by atoms with Crippen LogP contribution in [0.4, 0.5) is 5.69 Å². The van der Waals surface area contributed by atoms with Gasteiger partial charge in [0.25, 0.3) is 0 Å². The van der Waals surface area contributed by atoms with Gasteiger partial charge in [-0.25, -0.2) is 8.42 Å². The molecule has 0 aliphatic carbocycles. The predicted molar refractivity (Wildman–Crippen MR) is 101 cm³/mol. The van der Waals surface area contributed by atoms with E-state index in [1.807, 2.05) is 25.1 Å². The van der Waals surface area contributed by atoms with Gasteiger partial charge in [0.15, 0.2) is 0 Å². The van der Waals surface area contributed by atoms with Gasteiger partial charge in [-0.3, -0.25) is 4.31 Å². The molecule has 0 aromatic heterocycles. The third kappa shape index (κ3) is 5.67. The fourth-order valence-corrected chi connectivity index (χ4v) is 3.20. The fraction of sp³-hybridized carbons (Fsp3) is 0.316. The van der Waals surface area contributed by atoms with Crippen LogP contribution in [0, 0.1) is 11.3 Å². The Bertz CT molecular complexity index is 841. The Labute approximate surface area is 154 Å². The van der Waals surface area contributed by atoms with Crippen LogP contribution in [-0.2, 0) is 10.0 Å². The van der Waals surface area contributed by atoms with E-state index >= 15 is 0 Å². The van der Waals surface area contributed by atoms with Crippen molar-refractivity contribution in [2.45, 2.75) is 13.3 Å². The third-order valence-electron chi connectivity index (χ3n) is 3.54. The molecule has 0 atom stereocenters. The van der Waals surface area contributed by atoms with Crippen LogP contribution < -0.4 is 13.8 Å². The lowest BCUT2D eigenvalue weighted by Gasteiger charge is -2.22. The second kappa shape index (κ2) is 9.11. The minimum Gasteiger partial charge on any atom is -0.494 e. The maximum atomic E-state index is 12.1. The van der Waals surface area contributed by atoms with Gasteiger partial charge in [-0.15, -0.1) is 0 Å². The summed E-state index contributed by atoms with van der Waals surface area (Å²) in [4.78, 5) is 0. The van der Waals surface area contributed by atoms with Crippen molar-refractivity contribution in [3.63, 3.8) is 0 Å². The Morgan fingerprint density at radius 1 is 0.962 bits per heavy atom. The van der Waals surface area contributed by atoms with Gasteiger partial charge in [-0.05, 0) is 55.0 Å². The smallest absolute Gasteiger partial charge is 0.232 e. The molecule has 26 heavy (non-hydrogen) atoms. The van der Waals surface area contributed by atoms with Crippen molar-refractivity contribution in [1.29, 1.82) is 5.26 Å². The van der Waals surface area contributed by atoms with E-state index in [0.717, 1.165) is 18.4 Å². The molecule has 0 fully saturated rings. The SMILES string of the molecule is CCCOc1ccc(OCCN(c2ccc(C#N)cc2)S(C)(=O)=O)cc1. The Balaban J connectivity index is 1.98. The Kier molecular flexibility index (Phi) is 6.87. The molecule has 0 unspecified atom stereocenters. The quantitative estimate of drug-likeness (QED) is 0.673. The van der Waals surface area contributed by atoms with Crippen molar-refractivity contribution < 1.29 is 17.9 Å². The van der Waals surface area contributed by atoms with E-state index in [9.17, 15) is 8.42 Å². The number of nitrogens with zero attached hydrogens (tertiary/aromatic N) is 2. The van der Waals surface area contributed by atoms with Gasteiger partial charge in [0.2, 0.25) is 10.0 Å². The van der Waals surface area contributed by atoms with Crippen molar-refractivity contribution in [2.24, 2.45) is 0 Å². The second-order valence-electron chi connectivity index (χ2n) is 5.66. The zero-order chi connectivity index (χ0) is 19.0. The van der Waals surface area contributed by atoms with E-state index in [1.54, 1.807) is 36.4 Å². The molecule has 2 rings (SSSR count). The van der Waals surface area contributed by atoms with Crippen LogP contribution in [0.15, 0.2) is 48.5 Å². The highest BCUT2D eigenvalue weighted by Crippen LogP contribution is 2.20. The molecule has 0 aliphatic heterocycles. The van der Waals surface area contributed by atoms with Crippen LogP contribution in [0.2, 0.25) is 0 Å². The summed E-state index contributed by atoms with van der Waals surface area (Å²) >= 11 is 0. The van der Waals surface area contributed by atoms with Gasteiger partial charge in [0.05, 0.1) is 36.7 Å². The number of rotatable bonds is 9. The normalized spacial score (nSPS) is 10.8. The van der Waals surface area contributed by atoms with Crippen LogP contribution in [0.25, 0.3) is 0 Å². The number of hydrogen-bond acceptors (Lipinski definition) is 5. The Hall–Kier alpha value is -2.72. The number of anilines is 1. The molecule has 2 aromatic rings. The molecule has 0 spiro atoms. The van der Waals surface area contributed by atoms with E-state index < -0.39 is 10.0 Å². The first kappa shape index (κ1) is 19.6. The van der Waals surface area contributed by atoms with Crippen molar-refractivity contribution in [2.75, 3.05) is 30.3 Å². The largest absolute Gasteiger partial charge is 0.494 e. The van der Waals surface area contributed by atoms with E-state index in [-0.39, 0.29) is 13.2 Å². The molecule has 0 saturated carbocycles. The minimum atomic E-state index is -3.46. The average molecular weight is 374 g/mol. The summed E-state index contributed by atoms with van der Waals surface area (Å²) in [5, 5.41) is 8.85. The first-order valence-electron chi connectivity index (χ1n) is 8.27. The Morgan fingerprint density at radius 2 is 1.50 bits per heavy atom. The molecule has 0 bridgehead atoms. The van der Waals surface area contributed by atoms with Gasteiger partial charge >= 0.3 is 0 Å². The van der Waals surface area contributed by atoms with E-state index in [4.69, 9.17) is 14.7 Å². The summed E-state index contributed by atoms with van der Waals surface area (Å²) in [6, 6.07) is 15.6. The number of hydrogen-bond donors (Lipinski definition) is 0. The minimum absolute atomic E-state index is 0.165. The lowest BCUT2D eigenvalue weighted by Crippen LogP contribution is -2.33. The molecule has 0 saturated heterocycles. The average Bonchev–Trinajstić information content (AvgIpc) is 2.63.